The molecule has 0 aliphatic carbocycles. The molecule has 8 heavy (non-hydrogen) atoms. The number of hydrogen-bond acceptors (Lipinski definition) is 2. The summed E-state index contributed by atoms with van der Waals surface area (Å²) in [5, 5.41) is 0. The van der Waals surface area contributed by atoms with Crippen LogP contribution in [0.2, 0.25) is 0 Å². The molecule has 0 aliphatic rings. The van der Waals surface area contributed by atoms with Crippen LogP contribution >= 0.6 is 0 Å². The Hall–Kier alpha value is 0.265. The van der Waals surface area contributed by atoms with Crippen molar-refractivity contribution in [3.63, 3.8) is 0 Å². The van der Waals surface area contributed by atoms with Crippen molar-refractivity contribution in [2.45, 2.75) is 6.17 Å². The summed E-state index contributed by atoms with van der Waals surface area (Å²) in [5.74, 6) is -1.07. The maximum absolute atomic E-state index is 11.7. The number of carbonyl (C=O) groups excluding carboxylic acids is 1. The van der Waals surface area contributed by atoms with E-state index in [0.29, 0.717) is 0 Å². The molecule has 0 bridgehead atoms. The molecule has 0 spiro atoms. The van der Waals surface area contributed by atoms with Crippen LogP contribution in [0.25, 0.3) is 0 Å². The Morgan fingerprint density at radius 3 is 2.50 bits per heavy atom. The van der Waals surface area contributed by atoms with Crippen molar-refractivity contribution in [1.29, 1.82) is 0 Å². The average Bonchev–Trinajstić information content (AvgIpc) is 1.84. The van der Waals surface area contributed by atoms with Crippen LogP contribution in [0, 0.1) is 0 Å². The number of halogens is 2. The normalized spacial score (nSPS) is 13.0. The molecule has 2 nitrogen and oxygen atoms in total. The Kier molecular flexibility index (Phi) is 4.31. The maximum atomic E-state index is 11.7. The van der Waals surface area contributed by atoms with Crippen molar-refractivity contribution < 1.29 is 42.8 Å². The summed E-state index contributed by atoms with van der Waals surface area (Å²) in [6.07, 6.45) is -2.06. The summed E-state index contributed by atoms with van der Waals surface area (Å²) in [5.41, 5.74) is 0. The molecule has 0 amide bonds. The topological polar surface area (TPSA) is 26.3 Å². The van der Waals surface area contributed by atoms with Crippen molar-refractivity contribution in [1.82, 2.24) is 0 Å². The van der Waals surface area contributed by atoms with Gasteiger partial charge in [0.2, 0.25) is 0 Å². The SMILES string of the molecule is O=C([O][Hg])C(F)CF. The van der Waals surface area contributed by atoms with Gasteiger partial charge in [0, 0.05) is 0 Å². The van der Waals surface area contributed by atoms with E-state index in [0.717, 1.165) is 0 Å². The molecule has 0 fully saturated rings. The molecule has 1 atom stereocenters. The van der Waals surface area contributed by atoms with Crippen LogP contribution in [0.4, 0.5) is 8.78 Å². The van der Waals surface area contributed by atoms with Crippen molar-refractivity contribution in [3.8, 4) is 0 Å². The Balaban J connectivity index is 3.46. The predicted octanol–water partition coefficient (Wildman–Crippen LogP) is 0.299. The Morgan fingerprint density at radius 2 is 2.38 bits per heavy atom. The van der Waals surface area contributed by atoms with E-state index in [-0.39, 0.29) is 26.6 Å². The number of carbonyl (C=O) groups is 1. The van der Waals surface area contributed by atoms with Crippen LogP contribution in [0.1, 0.15) is 0 Å². The second-order valence-electron chi connectivity index (χ2n) is 1.09. The molecule has 0 aromatic rings. The standard InChI is InChI=1S/C3H4F2O2.Hg/c4-1-2(5)3(6)7;/h2H,1H2,(H,6,7);/q;+1/p-1. The van der Waals surface area contributed by atoms with Gasteiger partial charge in [-0.05, 0) is 0 Å². The molecular weight excluding hydrogens is 307 g/mol. The van der Waals surface area contributed by atoms with Crippen LogP contribution in [0.3, 0.4) is 0 Å². The zero-order valence-corrected chi connectivity index (χ0v) is 9.56. The molecule has 0 aliphatic heterocycles. The third-order valence-corrected chi connectivity index (χ3v) is 1.64. The van der Waals surface area contributed by atoms with Gasteiger partial charge < -0.3 is 0 Å². The molecule has 0 rings (SSSR count). The molecule has 0 heterocycles. The van der Waals surface area contributed by atoms with Gasteiger partial charge in [-0.2, -0.15) is 0 Å². The van der Waals surface area contributed by atoms with Gasteiger partial charge in [0.05, 0.1) is 0 Å². The van der Waals surface area contributed by atoms with Gasteiger partial charge in [-0.1, -0.05) is 0 Å². The quantitative estimate of drug-likeness (QED) is 0.686. The second kappa shape index (κ2) is 4.17. The minimum atomic E-state index is -2.06. The fourth-order valence-electron chi connectivity index (χ4n) is 0.153. The summed E-state index contributed by atoms with van der Waals surface area (Å²) in [6.45, 7) is -1.28. The van der Waals surface area contributed by atoms with Crippen LogP contribution in [-0.2, 0) is 34.0 Å². The van der Waals surface area contributed by atoms with Gasteiger partial charge in [-0.15, -0.1) is 0 Å². The van der Waals surface area contributed by atoms with Gasteiger partial charge in [0.15, 0.2) is 0 Å². The second-order valence-corrected chi connectivity index (χ2v) is 2.21. The van der Waals surface area contributed by atoms with E-state index in [1.807, 2.05) is 0 Å². The summed E-state index contributed by atoms with van der Waals surface area (Å²) in [7, 11) is 0. The molecule has 0 radical (unpaired) electrons. The third kappa shape index (κ3) is 2.54. The first-order valence-electron chi connectivity index (χ1n) is 1.88. The Bertz CT molecular complexity index is 87.4. The van der Waals surface area contributed by atoms with Gasteiger partial charge in [0.25, 0.3) is 0 Å². The van der Waals surface area contributed by atoms with Gasteiger partial charge in [-0.25, -0.2) is 0 Å². The van der Waals surface area contributed by atoms with E-state index < -0.39 is 18.8 Å². The molecule has 0 aromatic heterocycles. The molecule has 0 saturated carbocycles. The molecular formula is C3H3F2HgO2. The molecule has 0 aromatic carbocycles. The van der Waals surface area contributed by atoms with Crippen molar-refractivity contribution in [3.05, 3.63) is 0 Å². The fraction of sp³-hybridized carbons (Fsp3) is 0.667. The monoisotopic (exact) mass is 311 g/mol. The van der Waals surface area contributed by atoms with E-state index in [1.54, 1.807) is 0 Å². The first-order valence-corrected chi connectivity index (χ1v) is 4.12. The first-order chi connectivity index (χ1) is 3.72. The van der Waals surface area contributed by atoms with Crippen LogP contribution < -0.4 is 0 Å². The summed E-state index contributed by atoms with van der Waals surface area (Å²) in [4.78, 5) is 9.95. The zero-order chi connectivity index (χ0) is 6.57. The Labute approximate surface area is 61.8 Å². The van der Waals surface area contributed by atoms with E-state index in [2.05, 4.69) is 2.64 Å². The van der Waals surface area contributed by atoms with Gasteiger partial charge in [0.1, 0.15) is 0 Å². The number of hydrogen-bond donors (Lipinski definition) is 0. The number of alkyl halides is 2. The molecule has 5 heteroatoms. The van der Waals surface area contributed by atoms with E-state index in [9.17, 15) is 13.6 Å². The summed E-state index contributed by atoms with van der Waals surface area (Å²) in [6, 6.07) is 0. The van der Waals surface area contributed by atoms with E-state index >= 15 is 0 Å². The zero-order valence-electron chi connectivity index (χ0n) is 4.06. The molecule has 43 valence electrons. The van der Waals surface area contributed by atoms with Gasteiger partial charge in [-0.3, -0.25) is 0 Å². The van der Waals surface area contributed by atoms with Crippen LogP contribution in [-0.4, -0.2) is 18.8 Å². The number of rotatable bonds is 2. The molecule has 1 unspecified atom stereocenters. The predicted molar refractivity (Wildman–Crippen MR) is 17.0 cm³/mol. The third-order valence-electron chi connectivity index (χ3n) is 0.533. The van der Waals surface area contributed by atoms with E-state index in [1.165, 1.54) is 0 Å². The molecule has 0 N–H and O–H groups in total. The van der Waals surface area contributed by atoms with Crippen molar-refractivity contribution in [2.24, 2.45) is 0 Å². The average molecular weight is 310 g/mol. The van der Waals surface area contributed by atoms with Crippen LogP contribution in [0.15, 0.2) is 0 Å². The summed E-state index contributed by atoms with van der Waals surface area (Å²) >= 11 is -0.235. The van der Waals surface area contributed by atoms with Gasteiger partial charge >= 0.3 is 61.6 Å². The molecule has 0 saturated heterocycles. The van der Waals surface area contributed by atoms with Crippen LogP contribution in [0.5, 0.6) is 0 Å². The Morgan fingerprint density at radius 1 is 1.88 bits per heavy atom. The first kappa shape index (κ1) is 8.27. The minimum absolute atomic E-state index is 0.235. The van der Waals surface area contributed by atoms with Crippen molar-refractivity contribution >= 4 is 5.97 Å². The fourth-order valence-corrected chi connectivity index (χ4v) is 0.856. The van der Waals surface area contributed by atoms with E-state index in [4.69, 9.17) is 0 Å². The van der Waals surface area contributed by atoms with Crippen molar-refractivity contribution in [2.75, 3.05) is 6.67 Å². The summed E-state index contributed by atoms with van der Waals surface area (Å²) < 4.78 is 26.9.